The van der Waals surface area contributed by atoms with E-state index in [2.05, 4.69) is 25.8 Å². The van der Waals surface area contributed by atoms with Gasteiger partial charge in [-0.1, -0.05) is 6.07 Å². The van der Waals surface area contributed by atoms with E-state index in [-0.39, 0.29) is 0 Å². The van der Waals surface area contributed by atoms with Gasteiger partial charge in [-0.3, -0.25) is 5.10 Å². The van der Waals surface area contributed by atoms with Crippen LogP contribution in [-0.4, -0.2) is 19.7 Å². The first-order chi connectivity index (χ1) is 8.15. The topological polar surface area (TPSA) is 72.5 Å². The van der Waals surface area contributed by atoms with Gasteiger partial charge in [0.25, 0.3) is 0 Å². The van der Waals surface area contributed by atoms with Gasteiger partial charge in [-0.2, -0.15) is 5.10 Å². The number of hydrogen-bond donors (Lipinski definition) is 2. The van der Waals surface area contributed by atoms with Crippen molar-refractivity contribution < 1.29 is 0 Å². The van der Waals surface area contributed by atoms with E-state index >= 15 is 0 Å². The molecule has 0 bridgehead atoms. The third-order valence-corrected chi connectivity index (χ3v) is 3.01. The van der Waals surface area contributed by atoms with Gasteiger partial charge in [0.05, 0.1) is 16.7 Å². The van der Waals surface area contributed by atoms with E-state index in [1.165, 1.54) is 0 Å². The van der Waals surface area contributed by atoms with Crippen LogP contribution in [0.5, 0.6) is 0 Å². The highest BCUT2D eigenvalue weighted by Gasteiger charge is 2.07. The molecule has 17 heavy (non-hydrogen) atoms. The van der Waals surface area contributed by atoms with Crippen LogP contribution in [0.1, 0.15) is 5.82 Å². The number of aromatic amines is 1. The lowest BCUT2D eigenvalue weighted by Crippen LogP contribution is -1.89. The van der Waals surface area contributed by atoms with Crippen molar-refractivity contribution in [3.8, 4) is 11.3 Å². The number of nitrogen functional groups attached to an aromatic ring is 1. The second-order valence-electron chi connectivity index (χ2n) is 4.13. The highest BCUT2D eigenvalue weighted by atomic mass is 15.2. The summed E-state index contributed by atoms with van der Waals surface area (Å²) < 4.78 is 2.07. The number of hydrogen-bond acceptors (Lipinski definition) is 3. The van der Waals surface area contributed by atoms with Crippen molar-refractivity contribution in [2.24, 2.45) is 7.05 Å². The highest BCUT2D eigenvalue weighted by Crippen LogP contribution is 2.23. The Morgan fingerprint density at radius 1 is 1.29 bits per heavy atom. The molecule has 3 aromatic rings. The van der Waals surface area contributed by atoms with E-state index in [9.17, 15) is 0 Å². The van der Waals surface area contributed by atoms with Crippen LogP contribution in [0.2, 0.25) is 0 Å². The van der Waals surface area contributed by atoms with E-state index in [4.69, 9.17) is 5.73 Å². The molecule has 0 saturated carbocycles. The summed E-state index contributed by atoms with van der Waals surface area (Å²) in [7, 11) is 2.01. The van der Waals surface area contributed by atoms with Crippen LogP contribution >= 0.6 is 0 Å². The average Bonchev–Trinajstić information content (AvgIpc) is 2.85. The van der Waals surface area contributed by atoms with Crippen molar-refractivity contribution >= 4 is 16.9 Å². The number of H-pyrrole nitrogens is 1. The second kappa shape index (κ2) is 3.35. The van der Waals surface area contributed by atoms with Crippen molar-refractivity contribution in [2.45, 2.75) is 6.92 Å². The summed E-state index contributed by atoms with van der Waals surface area (Å²) >= 11 is 0. The van der Waals surface area contributed by atoms with Crippen molar-refractivity contribution in [1.82, 2.24) is 19.7 Å². The summed E-state index contributed by atoms with van der Waals surface area (Å²) in [5.41, 5.74) is 9.65. The number of nitrogens with zero attached hydrogens (tertiary/aromatic N) is 3. The van der Waals surface area contributed by atoms with Crippen LogP contribution in [-0.2, 0) is 7.05 Å². The molecule has 5 nitrogen and oxygen atoms in total. The van der Waals surface area contributed by atoms with Gasteiger partial charge >= 0.3 is 0 Å². The van der Waals surface area contributed by atoms with Crippen molar-refractivity contribution in [1.29, 1.82) is 0 Å². The van der Waals surface area contributed by atoms with Crippen molar-refractivity contribution in [3.63, 3.8) is 0 Å². The predicted molar refractivity (Wildman–Crippen MR) is 67.4 cm³/mol. The van der Waals surface area contributed by atoms with Crippen LogP contribution in [0.25, 0.3) is 22.3 Å². The molecule has 0 aliphatic rings. The molecule has 3 rings (SSSR count). The first kappa shape index (κ1) is 9.89. The quantitative estimate of drug-likeness (QED) is 0.666. The Labute approximate surface area is 98.3 Å². The zero-order valence-corrected chi connectivity index (χ0v) is 9.73. The molecular formula is C12H13N5. The summed E-state index contributed by atoms with van der Waals surface area (Å²) in [5.74, 6) is 1.50. The molecule has 0 radical (unpaired) electrons. The maximum Gasteiger partial charge on any atom is 0.145 e. The third-order valence-electron chi connectivity index (χ3n) is 3.01. The lowest BCUT2D eigenvalue weighted by molar-refractivity contribution is 0.886. The van der Waals surface area contributed by atoms with Crippen LogP contribution in [0, 0.1) is 6.92 Å². The normalized spacial score (nSPS) is 11.2. The van der Waals surface area contributed by atoms with Crippen molar-refractivity contribution in [3.05, 3.63) is 30.1 Å². The van der Waals surface area contributed by atoms with Crippen LogP contribution in [0.15, 0.2) is 24.3 Å². The van der Waals surface area contributed by atoms with Crippen LogP contribution < -0.4 is 5.73 Å². The predicted octanol–water partition coefficient (Wildman–Crippen LogP) is 1.85. The summed E-state index contributed by atoms with van der Waals surface area (Å²) in [6, 6.07) is 7.95. The molecule has 0 fully saturated rings. The fourth-order valence-corrected chi connectivity index (χ4v) is 1.97. The number of fused-ring (bicyclic) bond motifs is 1. The van der Waals surface area contributed by atoms with E-state index in [0.29, 0.717) is 5.82 Å². The fourth-order valence-electron chi connectivity index (χ4n) is 1.97. The minimum Gasteiger partial charge on any atom is -0.382 e. The Morgan fingerprint density at radius 3 is 2.82 bits per heavy atom. The summed E-state index contributed by atoms with van der Waals surface area (Å²) in [5, 5.41) is 6.82. The van der Waals surface area contributed by atoms with E-state index in [1.807, 2.05) is 32.2 Å². The molecule has 3 N–H and O–H groups in total. The third kappa shape index (κ3) is 1.47. The molecule has 2 heterocycles. The standard InChI is InChI=1S/C12H13N5/c1-7-14-10-5-8(3-4-11(10)17(7)2)9-6-12(13)16-15-9/h3-6H,1-2H3,(H3,13,15,16). The molecule has 0 amide bonds. The van der Waals surface area contributed by atoms with E-state index in [1.54, 1.807) is 0 Å². The molecule has 0 aliphatic heterocycles. The van der Waals surface area contributed by atoms with Gasteiger partial charge in [-0.25, -0.2) is 4.98 Å². The molecule has 0 unspecified atom stereocenters. The first-order valence-corrected chi connectivity index (χ1v) is 5.39. The number of imidazole rings is 1. The number of nitrogens with one attached hydrogen (secondary N) is 1. The average molecular weight is 227 g/mol. The molecule has 0 spiro atoms. The monoisotopic (exact) mass is 227 g/mol. The number of rotatable bonds is 1. The fraction of sp³-hybridized carbons (Fsp3) is 0.167. The molecule has 0 atom stereocenters. The SMILES string of the molecule is Cc1nc2cc(-c3cc(N)n[nH]3)ccc2n1C. The second-order valence-corrected chi connectivity index (χ2v) is 4.13. The summed E-state index contributed by atoms with van der Waals surface area (Å²) in [6.07, 6.45) is 0. The largest absolute Gasteiger partial charge is 0.382 e. The van der Waals surface area contributed by atoms with Crippen molar-refractivity contribution in [2.75, 3.05) is 5.73 Å². The highest BCUT2D eigenvalue weighted by molar-refractivity contribution is 5.82. The Hall–Kier alpha value is -2.30. The zero-order valence-electron chi connectivity index (χ0n) is 9.73. The number of nitrogens with two attached hydrogens (primary N) is 1. The number of anilines is 1. The van der Waals surface area contributed by atoms with Gasteiger partial charge in [0.1, 0.15) is 11.6 Å². The van der Waals surface area contributed by atoms with Gasteiger partial charge in [0, 0.05) is 18.7 Å². The smallest absolute Gasteiger partial charge is 0.145 e. The first-order valence-electron chi connectivity index (χ1n) is 5.39. The molecule has 86 valence electrons. The lowest BCUT2D eigenvalue weighted by Gasteiger charge is -1.98. The zero-order chi connectivity index (χ0) is 12.0. The Balaban J connectivity index is 2.20. The molecule has 2 aromatic heterocycles. The molecule has 1 aromatic carbocycles. The van der Waals surface area contributed by atoms with Crippen LogP contribution in [0.4, 0.5) is 5.82 Å². The number of aryl methyl sites for hydroxylation is 2. The Bertz CT molecular complexity index is 692. The minimum atomic E-state index is 0.497. The maximum atomic E-state index is 5.59. The van der Waals surface area contributed by atoms with E-state index < -0.39 is 0 Å². The Morgan fingerprint density at radius 2 is 2.12 bits per heavy atom. The lowest BCUT2D eigenvalue weighted by atomic mass is 10.1. The number of benzene rings is 1. The maximum absolute atomic E-state index is 5.59. The summed E-state index contributed by atoms with van der Waals surface area (Å²) in [4.78, 5) is 4.50. The van der Waals surface area contributed by atoms with Gasteiger partial charge < -0.3 is 10.3 Å². The van der Waals surface area contributed by atoms with Crippen LogP contribution in [0.3, 0.4) is 0 Å². The Kier molecular flexibility index (Phi) is 1.95. The van der Waals surface area contributed by atoms with Gasteiger partial charge in [-0.05, 0) is 19.1 Å². The number of aromatic nitrogens is 4. The van der Waals surface area contributed by atoms with E-state index in [0.717, 1.165) is 28.1 Å². The van der Waals surface area contributed by atoms with Gasteiger partial charge in [0.15, 0.2) is 0 Å². The molecule has 0 saturated heterocycles. The van der Waals surface area contributed by atoms with Gasteiger partial charge in [0.2, 0.25) is 0 Å². The molecular weight excluding hydrogens is 214 g/mol. The molecule has 0 aliphatic carbocycles. The molecule has 5 heteroatoms. The van der Waals surface area contributed by atoms with Gasteiger partial charge in [-0.15, -0.1) is 0 Å². The summed E-state index contributed by atoms with van der Waals surface area (Å²) in [6.45, 7) is 1.99. The minimum absolute atomic E-state index is 0.497.